The molecule has 0 radical (unpaired) electrons. The fraction of sp³-hybridized carbons (Fsp3) is 0.759. The topological polar surface area (TPSA) is 184 Å². The molecular weight excluding hydrogens is 602 g/mol. The maximum atomic E-state index is 13.7. The summed E-state index contributed by atoms with van der Waals surface area (Å²) >= 11 is 0.913. The van der Waals surface area contributed by atoms with E-state index in [4.69, 9.17) is 38.0 Å². The summed E-state index contributed by atoms with van der Waals surface area (Å²) in [5.41, 5.74) is 4.14. The summed E-state index contributed by atoms with van der Waals surface area (Å²) in [7, 11) is 4.36. The van der Waals surface area contributed by atoms with Crippen molar-refractivity contribution < 1.29 is 63.2 Å². The quantitative estimate of drug-likeness (QED) is 0.226. The van der Waals surface area contributed by atoms with Gasteiger partial charge in [0.25, 0.3) is 0 Å². The third-order valence-corrected chi connectivity index (χ3v) is 9.47. The number of thioether (sulfide) groups is 1. The van der Waals surface area contributed by atoms with Gasteiger partial charge >= 0.3 is 0 Å². The first-order valence-corrected chi connectivity index (χ1v) is 15.5. The lowest BCUT2D eigenvalue weighted by molar-refractivity contribution is -0.254. The Hall–Kier alpha value is -1.76. The van der Waals surface area contributed by atoms with Crippen molar-refractivity contribution in [2.45, 2.75) is 114 Å². The second-order valence-electron chi connectivity index (χ2n) is 11.3. The third kappa shape index (κ3) is 7.61. The van der Waals surface area contributed by atoms with Crippen LogP contribution in [0.3, 0.4) is 0 Å². The highest BCUT2D eigenvalue weighted by molar-refractivity contribution is 8.14. The van der Waals surface area contributed by atoms with Crippen LogP contribution in [-0.2, 0) is 23.8 Å². The van der Waals surface area contributed by atoms with Crippen LogP contribution in [0.1, 0.15) is 54.6 Å². The van der Waals surface area contributed by atoms with E-state index >= 15 is 0 Å². The standard InChI is InChI=1S/C29H45NO13S/c1-12-8-18(36-5)24(34)29(40-12)42-25-14(3)13(2)22(26(37-6)27(25)38-7)28(35)44-19-11-39-21(10-16(19)31)43-30-23-15(4)41-20(33)9-17(23)32/h12,15-21,23-24,29-34H,8-11H2,1-7H3/t12-,15+,16-,17+,18+,19+,20+,21-,23+,24+,29-/m0/s1. The van der Waals surface area contributed by atoms with Gasteiger partial charge in [0.1, 0.15) is 6.10 Å². The number of nitrogens with one attached hydrogen (secondary N) is 1. The van der Waals surface area contributed by atoms with E-state index in [1.54, 1.807) is 20.8 Å². The molecule has 14 nitrogen and oxygen atoms in total. The van der Waals surface area contributed by atoms with Gasteiger partial charge in [0.15, 0.2) is 24.1 Å². The molecule has 5 N–H and O–H groups in total. The molecule has 250 valence electrons. The molecule has 3 heterocycles. The second-order valence-corrected chi connectivity index (χ2v) is 12.5. The minimum Gasteiger partial charge on any atom is -0.492 e. The minimum absolute atomic E-state index is 0.0103. The van der Waals surface area contributed by atoms with E-state index in [1.807, 2.05) is 6.92 Å². The number of carbonyl (C=O) groups excluding carboxylic acids is 1. The van der Waals surface area contributed by atoms with Gasteiger partial charge < -0.3 is 53.6 Å². The number of benzene rings is 1. The Morgan fingerprint density at radius 1 is 0.909 bits per heavy atom. The van der Waals surface area contributed by atoms with Crippen molar-refractivity contribution in [1.82, 2.24) is 5.48 Å². The molecule has 1 aromatic rings. The van der Waals surface area contributed by atoms with Crippen molar-refractivity contribution in [3.63, 3.8) is 0 Å². The first-order valence-electron chi connectivity index (χ1n) is 14.6. The molecule has 0 spiro atoms. The van der Waals surface area contributed by atoms with Crippen molar-refractivity contribution in [2.24, 2.45) is 0 Å². The summed E-state index contributed by atoms with van der Waals surface area (Å²) in [5, 5.41) is 40.6. The number of carbonyl (C=O) groups is 1. The highest BCUT2D eigenvalue weighted by Gasteiger charge is 2.41. The van der Waals surface area contributed by atoms with Crippen LogP contribution < -0.4 is 19.7 Å². The van der Waals surface area contributed by atoms with E-state index in [0.717, 1.165) is 11.8 Å². The maximum Gasteiger partial charge on any atom is 0.229 e. The SMILES string of the molecule is COc1c(O[C@@H]2O[C@@H](C)C[C@@H](OC)[C@H]2O)c(C)c(C)c(C(=O)S[C@@H]2CO[C@@H](ON[C@H]3[C@H](O)C[C@H](O)O[C@@H]3C)C[C@@H]2O)c1OC. The van der Waals surface area contributed by atoms with Crippen LogP contribution in [0.15, 0.2) is 0 Å². The molecule has 0 amide bonds. The molecule has 3 saturated heterocycles. The summed E-state index contributed by atoms with van der Waals surface area (Å²) < 4.78 is 39.8. The average Bonchev–Trinajstić information content (AvgIpc) is 2.97. The van der Waals surface area contributed by atoms with Crippen molar-refractivity contribution in [3.8, 4) is 17.2 Å². The Balaban J connectivity index is 1.45. The van der Waals surface area contributed by atoms with Gasteiger partial charge in [0, 0.05) is 26.4 Å². The van der Waals surface area contributed by atoms with Crippen LogP contribution in [0.5, 0.6) is 17.2 Å². The third-order valence-electron chi connectivity index (χ3n) is 8.30. The largest absolute Gasteiger partial charge is 0.492 e. The van der Waals surface area contributed by atoms with Gasteiger partial charge in [-0.3, -0.25) is 9.63 Å². The lowest BCUT2D eigenvalue weighted by Gasteiger charge is -2.38. The first-order chi connectivity index (χ1) is 20.9. The number of aliphatic hydroxyl groups is 4. The van der Waals surface area contributed by atoms with Crippen molar-refractivity contribution in [2.75, 3.05) is 27.9 Å². The van der Waals surface area contributed by atoms with Crippen molar-refractivity contribution in [3.05, 3.63) is 16.7 Å². The van der Waals surface area contributed by atoms with Gasteiger partial charge in [0.2, 0.25) is 17.2 Å². The number of hydrogen-bond acceptors (Lipinski definition) is 15. The van der Waals surface area contributed by atoms with Crippen LogP contribution in [0.4, 0.5) is 0 Å². The van der Waals surface area contributed by atoms with Gasteiger partial charge in [-0.05, 0) is 38.8 Å². The zero-order chi connectivity index (χ0) is 32.3. The average molecular weight is 648 g/mol. The maximum absolute atomic E-state index is 13.7. The Morgan fingerprint density at radius 2 is 1.61 bits per heavy atom. The zero-order valence-corrected chi connectivity index (χ0v) is 26.9. The van der Waals surface area contributed by atoms with Gasteiger partial charge in [-0.2, -0.15) is 5.48 Å². The van der Waals surface area contributed by atoms with Crippen LogP contribution in [0, 0.1) is 13.8 Å². The Labute approximate surface area is 261 Å². The second kappa shape index (κ2) is 15.2. The Kier molecular flexibility index (Phi) is 12.1. The van der Waals surface area contributed by atoms with Crippen molar-refractivity contribution in [1.29, 1.82) is 0 Å². The summed E-state index contributed by atoms with van der Waals surface area (Å²) in [6, 6.07) is -0.605. The summed E-state index contributed by atoms with van der Waals surface area (Å²) in [5.74, 6) is 0.578. The number of hydrogen-bond donors (Lipinski definition) is 5. The molecule has 0 aromatic heterocycles. The highest BCUT2D eigenvalue weighted by Crippen LogP contribution is 2.47. The molecule has 15 heteroatoms. The summed E-state index contributed by atoms with van der Waals surface area (Å²) in [6.07, 6.45) is -6.47. The Bertz CT molecular complexity index is 1130. The number of methoxy groups -OCH3 is 3. The molecule has 3 fully saturated rings. The molecule has 1 aromatic carbocycles. The van der Waals surface area contributed by atoms with Crippen molar-refractivity contribution >= 4 is 16.9 Å². The first kappa shape index (κ1) is 35.1. The lowest BCUT2D eigenvalue weighted by atomic mass is 10.00. The number of hydroxylamine groups is 1. The van der Waals surface area contributed by atoms with E-state index in [-0.39, 0.29) is 53.5 Å². The highest BCUT2D eigenvalue weighted by atomic mass is 32.2. The monoisotopic (exact) mass is 647 g/mol. The van der Waals surface area contributed by atoms with Crippen LogP contribution in [-0.4, -0.2) is 120 Å². The van der Waals surface area contributed by atoms with E-state index in [2.05, 4.69) is 5.48 Å². The fourth-order valence-corrected chi connectivity index (χ4v) is 6.70. The molecular formula is C29H45NO13S. The van der Waals surface area contributed by atoms with E-state index in [0.29, 0.717) is 17.5 Å². The Morgan fingerprint density at radius 3 is 2.23 bits per heavy atom. The van der Waals surface area contributed by atoms with Crippen LogP contribution >= 0.6 is 11.8 Å². The van der Waals surface area contributed by atoms with Gasteiger partial charge in [-0.15, -0.1) is 0 Å². The molecule has 0 bridgehead atoms. The van der Waals surface area contributed by atoms with Gasteiger partial charge in [-0.25, -0.2) is 0 Å². The van der Waals surface area contributed by atoms with Gasteiger partial charge in [-0.1, -0.05) is 11.8 Å². The molecule has 44 heavy (non-hydrogen) atoms. The minimum atomic E-state index is -1.06. The molecule has 4 rings (SSSR count). The van der Waals surface area contributed by atoms with E-state index in [1.165, 1.54) is 21.3 Å². The summed E-state index contributed by atoms with van der Waals surface area (Å²) in [6.45, 7) is 7.08. The molecule has 0 aliphatic carbocycles. The van der Waals surface area contributed by atoms with Crippen LogP contribution in [0.25, 0.3) is 0 Å². The zero-order valence-electron chi connectivity index (χ0n) is 26.1. The predicted molar refractivity (Wildman–Crippen MR) is 157 cm³/mol. The normalized spacial score (nSPS) is 36.1. The van der Waals surface area contributed by atoms with E-state index < -0.39 is 60.7 Å². The van der Waals surface area contributed by atoms with E-state index in [9.17, 15) is 25.2 Å². The smallest absolute Gasteiger partial charge is 0.229 e. The van der Waals surface area contributed by atoms with Crippen LogP contribution in [0.2, 0.25) is 0 Å². The predicted octanol–water partition coefficient (Wildman–Crippen LogP) is 0.937. The summed E-state index contributed by atoms with van der Waals surface area (Å²) in [4.78, 5) is 19.3. The molecule has 11 atom stereocenters. The van der Waals surface area contributed by atoms with Gasteiger partial charge in [0.05, 0.1) is 68.2 Å². The molecule has 3 aliphatic heterocycles. The molecule has 0 unspecified atom stereocenters. The number of rotatable bonds is 10. The molecule has 0 saturated carbocycles. The number of ether oxygens (including phenoxy) is 7. The molecule has 3 aliphatic rings. The lowest BCUT2D eigenvalue weighted by Crippen LogP contribution is -2.56. The fourth-order valence-electron chi connectivity index (χ4n) is 5.64. The number of aliphatic hydroxyl groups excluding tert-OH is 4.